The van der Waals surface area contributed by atoms with Crippen molar-refractivity contribution in [1.29, 1.82) is 0 Å². The summed E-state index contributed by atoms with van der Waals surface area (Å²) in [5.41, 5.74) is 3.60. The average molecular weight is 475 g/mol. The van der Waals surface area contributed by atoms with Gasteiger partial charge in [-0.3, -0.25) is 9.69 Å². The second-order valence-corrected chi connectivity index (χ2v) is 9.52. The average Bonchev–Trinajstić information content (AvgIpc) is 3.54. The molecule has 0 bridgehead atoms. The Labute approximate surface area is 204 Å². The van der Waals surface area contributed by atoms with Crippen molar-refractivity contribution in [3.05, 3.63) is 87.2 Å². The first-order valence-corrected chi connectivity index (χ1v) is 12.4. The molecule has 0 saturated heterocycles. The van der Waals surface area contributed by atoms with Crippen LogP contribution in [0.4, 0.5) is 4.39 Å². The zero-order chi connectivity index (χ0) is 24.4. The molecule has 35 heavy (non-hydrogen) atoms. The number of hydrogen-bond acceptors (Lipinski definition) is 5. The van der Waals surface area contributed by atoms with Gasteiger partial charge in [-0.25, -0.2) is 9.07 Å². The second kappa shape index (κ2) is 10.1. The first-order valence-electron chi connectivity index (χ1n) is 12.4. The highest BCUT2D eigenvalue weighted by Crippen LogP contribution is 2.33. The first-order chi connectivity index (χ1) is 17.0. The van der Waals surface area contributed by atoms with Gasteiger partial charge in [0.25, 0.3) is 5.56 Å². The highest BCUT2D eigenvalue weighted by atomic mass is 19.1. The molecule has 0 amide bonds. The van der Waals surface area contributed by atoms with Gasteiger partial charge in [0.15, 0.2) is 5.82 Å². The van der Waals surface area contributed by atoms with Gasteiger partial charge in [-0.05, 0) is 71.3 Å². The maximum Gasteiger partial charge on any atom is 0.252 e. The van der Waals surface area contributed by atoms with Crippen LogP contribution in [0.5, 0.6) is 0 Å². The van der Waals surface area contributed by atoms with Crippen LogP contribution < -0.4 is 5.56 Å². The molecule has 1 aliphatic carbocycles. The van der Waals surface area contributed by atoms with Crippen LogP contribution in [0.2, 0.25) is 0 Å². The number of nitrogens with one attached hydrogen (secondary N) is 1. The fourth-order valence-electron chi connectivity index (χ4n) is 5.36. The number of fused-ring (bicyclic) bond motifs is 1. The molecule has 5 rings (SSSR count). The van der Waals surface area contributed by atoms with Crippen molar-refractivity contribution < 1.29 is 4.39 Å². The monoisotopic (exact) mass is 474 g/mol. The molecule has 1 aliphatic rings. The minimum Gasteiger partial charge on any atom is -0.321 e. The number of benzene rings is 2. The molecule has 2 aromatic carbocycles. The van der Waals surface area contributed by atoms with Gasteiger partial charge in [-0.15, -0.1) is 5.10 Å². The number of aryl methyl sites for hydroxylation is 1. The summed E-state index contributed by atoms with van der Waals surface area (Å²) in [5, 5.41) is 13.7. The Morgan fingerprint density at radius 1 is 1.17 bits per heavy atom. The fraction of sp³-hybridized carbons (Fsp3) is 0.407. The van der Waals surface area contributed by atoms with E-state index in [9.17, 15) is 9.18 Å². The van der Waals surface area contributed by atoms with Crippen LogP contribution in [0, 0.1) is 12.7 Å². The van der Waals surface area contributed by atoms with Crippen molar-refractivity contribution in [2.75, 3.05) is 0 Å². The molecule has 2 heterocycles. The maximum atomic E-state index is 13.4. The summed E-state index contributed by atoms with van der Waals surface area (Å²) >= 11 is 0. The van der Waals surface area contributed by atoms with Gasteiger partial charge >= 0.3 is 0 Å². The quantitative estimate of drug-likeness (QED) is 0.393. The summed E-state index contributed by atoms with van der Waals surface area (Å²) in [4.78, 5) is 18.6. The fourth-order valence-corrected chi connectivity index (χ4v) is 5.36. The predicted octanol–water partition coefficient (Wildman–Crippen LogP) is 4.91. The lowest BCUT2D eigenvalue weighted by atomic mass is 10.0. The lowest BCUT2D eigenvalue weighted by molar-refractivity contribution is 0.112. The summed E-state index contributed by atoms with van der Waals surface area (Å²) in [7, 11) is 0. The zero-order valence-corrected chi connectivity index (χ0v) is 20.2. The predicted molar refractivity (Wildman–Crippen MR) is 133 cm³/mol. The summed E-state index contributed by atoms with van der Waals surface area (Å²) in [6.45, 7) is 5.15. The van der Waals surface area contributed by atoms with Crippen molar-refractivity contribution in [3.63, 3.8) is 0 Å². The Bertz CT molecular complexity index is 1360. The van der Waals surface area contributed by atoms with Crippen LogP contribution in [0.25, 0.3) is 10.9 Å². The van der Waals surface area contributed by atoms with Gasteiger partial charge in [0.05, 0.1) is 18.1 Å². The standard InChI is InChI=1S/C27H31FN6O/c1-3-24(26-30-31-32-34(26)16-19-11-13-22(28)14-12-19)33(23-9-4-5-10-23)17-21-15-20-8-6-7-18(2)25(20)29-27(21)35/h6-8,11-15,23-24H,3-5,9-10,16-17H2,1-2H3,(H,29,35). The van der Waals surface area contributed by atoms with E-state index in [1.165, 1.54) is 25.0 Å². The van der Waals surface area contributed by atoms with Gasteiger partial charge in [0.2, 0.25) is 0 Å². The van der Waals surface area contributed by atoms with E-state index in [2.05, 4.69) is 32.3 Å². The second-order valence-electron chi connectivity index (χ2n) is 9.52. The normalized spacial score (nSPS) is 15.3. The molecular formula is C27H31FN6O. The molecule has 7 nitrogen and oxygen atoms in total. The topological polar surface area (TPSA) is 79.7 Å². The number of hydrogen-bond donors (Lipinski definition) is 1. The largest absolute Gasteiger partial charge is 0.321 e. The molecule has 1 atom stereocenters. The minimum absolute atomic E-state index is 0.0406. The van der Waals surface area contributed by atoms with Gasteiger partial charge < -0.3 is 4.98 Å². The van der Waals surface area contributed by atoms with Crippen LogP contribution in [0.15, 0.2) is 53.3 Å². The molecule has 8 heteroatoms. The van der Waals surface area contributed by atoms with Crippen molar-refractivity contribution in [1.82, 2.24) is 30.1 Å². The third-order valence-corrected chi connectivity index (χ3v) is 7.20. The number of aromatic amines is 1. The molecule has 1 fully saturated rings. The van der Waals surface area contributed by atoms with E-state index in [1.54, 1.807) is 16.8 Å². The van der Waals surface area contributed by atoms with Crippen LogP contribution in [0.1, 0.15) is 67.6 Å². The molecular weight excluding hydrogens is 443 g/mol. The van der Waals surface area contributed by atoms with Crippen molar-refractivity contribution >= 4 is 10.9 Å². The smallest absolute Gasteiger partial charge is 0.252 e. The van der Waals surface area contributed by atoms with E-state index < -0.39 is 0 Å². The maximum absolute atomic E-state index is 13.4. The van der Waals surface area contributed by atoms with E-state index in [0.29, 0.717) is 19.1 Å². The van der Waals surface area contributed by atoms with Crippen molar-refractivity contribution in [2.24, 2.45) is 0 Å². The van der Waals surface area contributed by atoms with Gasteiger partial charge in [-0.1, -0.05) is 50.1 Å². The summed E-state index contributed by atoms with van der Waals surface area (Å²) in [6.07, 6.45) is 5.38. The van der Waals surface area contributed by atoms with Crippen LogP contribution in [-0.2, 0) is 13.1 Å². The molecule has 0 aliphatic heterocycles. The molecule has 1 N–H and O–H groups in total. The number of nitrogens with zero attached hydrogens (tertiary/aromatic N) is 5. The molecule has 0 spiro atoms. The summed E-state index contributed by atoms with van der Waals surface area (Å²) < 4.78 is 15.2. The van der Waals surface area contributed by atoms with E-state index in [4.69, 9.17) is 0 Å². The molecule has 2 aromatic heterocycles. The SMILES string of the molecule is CCC(c1nnnn1Cc1ccc(F)cc1)N(Cc1cc2cccc(C)c2[nH]c1=O)C1CCCC1. The van der Waals surface area contributed by atoms with Crippen LogP contribution >= 0.6 is 0 Å². The van der Waals surface area contributed by atoms with Crippen molar-refractivity contribution in [2.45, 2.75) is 71.1 Å². The van der Waals surface area contributed by atoms with Gasteiger partial charge in [0.1, 0.15) is 5.82 Å². The van der Waals surface area contributed by atoms with Gasteiger partial charge in [0, 0.05) is 18.2 Å². The Balaban J connectivity index is 1.49. The number of pyridine rings is 1. The number of rotatable bonds is 8. The third kappa shape index (κ3) is 4.89. The molecule has 0 radical (unpaired) electrons. The van der Waals surface area contributed by atoms with Crippen molar-refractivity contribution in [3.8, 4) is 0 Å². The number of tetrazole rings is 1. The Morgan fingerprint density at radius 3 is 2.69 bits per heavy atom. The highest BCUT2D eigenvalue weighted by Gasteiger charge is 2.32. The lowest BCUT2D eigenvalue weighted by Crippen LogP contribution is -2.39. The molecule has 182 valence electrons. The number of H-pyrrole nitrogens is 1. The summed E-state index contributed by atoms with van der Waals surface area (Å²) in [5.74, 6) is 0.511. The third-order valence-electron chi connectivity index (χ3n) is 7.20. The lowest BCUT2D eigenvalue weighted by Gasteiger charge is -2.35. The Morgan fingerprint density at radius 2 is 1.94 bits per heavy atom. The minimum atomic E-state index is -0.264. The first kappa shape index (κ1) is 23.4. The van der Waals surface area contributed by atoms with E-state index in [0.717, 1.165) is 52.7 Å². The Kier molecular flexibility index (Phi) is 6.72. The molecule has 1 unspecified atom stereocenters. The molecule has 4 aromatic rings. The van der Waals surface area contributed by atoms with Gasteiger partial charge in [-0.2, -0.15) is 0 Å². The van der Waals surface area contributed by atoms with Crippen LogP contribution in [-0.4, -0.2) is 36.1 Å². The Hall–Kier alpha value is -3.39. The highest BCUT2D eigenvalue weighted by molar-refractivity contribution is 5.81. The zero-order valence-electron chi connectivity index (χ0n) is 20.2. The van der Waals surface area contributed by atoms with E-state index in [-0.39, 0.29) is 17.4 Å². The van der Waals surface area contributed by atoms with Crippen LogP contribution in [0.3, 0.4) is 0 Å². The van der Waals surface area contributed by atoms with E-state index in [1.807, 2.05) is 31.2 Å². The van der Waals surface area contributed by atoms with E-state index >= 15 is 0 Å². The molecule has 1 saturated carbocycles. The number of halogens is 1. The summed E-state index contributed by atoms with van der Waals surface area (Å²) in [6, 6.07) is 14.8. The number of aromatic nitrogens is 5. The number of para-hydroxylation sites is 1.